The van der Waals surface area contributed by atoms with E-state index in [1.54, 1.807) is 0 Å². The molecule has 2 aliphatic carbocycles. The molecule has 0 N–H and O–H groups in total. The summed E-state index contributed by atoms with van der Waals surface area (Å²) in [7, 11) is -0.461. The van der Waals surface area contributed by atoms with Crippen molar-refractivity contribution in [1.29, 1.82) is 0 Å². The molecule has 7 aromatic carbocycles. The topological polar surface area (TPSA) is 18.5 Å². The maximum absolute atomic E-state index is 6.73. The number of fused-ring (bicyclic) bond motifs is 10. The van der Waals surface area contributed by atoms with Gasteiger partial charge in [0.2, 0.25) is 0 Å². The average Bonchev–Trinajstić information content (AvgIpc) is 3.78. The molecule has 0 saturated carbocycles. The molecule has 2 atom stereocenters. The highest BCUT2D eigenvalue weighted by Crippen LogP contribution is 2.63. The molecule has 0 bridgehead atoms. The van der Waals surface area contributed by atoms with E-state index in [2.05, 4.69) is 198 Å². The molecule has 274 valence electrons. The van der Waals surface area contributed by atoms with Crippen LogP contribution in [0.5, 0.6) is 0 Å². The number of benzene rings is 7. The minimum absolute atomic E-state index is 0.389. The molecule has 0 aromatic heterocycles. The fraction of sp³-hybridized carbons (Fsp3) is 0.208. The van der Waals surface area contributed by atoms with Crippen LogP contribution in [0.1, 0.15) is 78.1 Å². The molecule has 2 nitrogen and oxygen atoms in total. The Balaban J connectivity index is 1.08. The van der Waals surface area contributed by atoms with Gasteiger partial charge in [0, 0.05) is 0 Å². The first-order valence-corrected chi connectivity index (χ1v) is 20.2. The molecule has 1 heterocycles. The van der Waals surface area contributed by atoms with Crippen molar-refractivity contribution in [3.63, 3.8) is 0 Å². The van der Waals surface area contributed by atoms with Gasteiger partial charge in [0.1, 0.15) is 0 Å². The monoisotopic (exact) mass is 726 g/mol. The summed E-state index contributed by atoms with van der Waals surface area (Å²) in [4.78, 5) is 0. The van der Waals surface area contributed by atoms with E-state index in [0.29, 0.717) is 5.92 Å². The van der Waals surface area contributed by atoms with E-state index < -0.39 is 23.7 Å². The predicted molar refractivity (Wildman–Crippen MR) is 232 cm³/mol. The summed E-state index contributed by atoms with van der Waals surface area (Å²) in [6.45, 7) is 10.8. The van der Waals surface area contributed by atoms with E-state index in [0.717, 1.165) is 18.3 Å². The Kier molecular flexibility index (Phi) is 8.15. The third-order valence-electron chi connectivity index (χ3n) is 13.4. The number of rotatable bonds is 7. The van der Waals surface area contributed by atoms with Crippen molar-refractivity contribution >= 4 is 12.6 Å². The molecule has 0 radical (unpaired) electrons. The zero-order valence-corrected chi connectivity index (χ0v) is 33.0. The molecule has 3 heteroatoms. The van der Waals surface area contributed by atoms with Gasteiger partial charge in [0.15, 0.2) is 0 Å². The maximum Gasteiger partial charge on any atom is 0.495 e. The second-order valence-corrected chi connectivity index (χ2v) is 17.1. The predicted octanol–water partition coefficient (Wildman–Crippen LogP) is 11.9. The lowest BCUT2D eigenvalue weighted by atomic mass is 9.68. The van der Waals surface area contributed by atoms with Crippen LogP contribution in [-0.4, -0.2) is 18.3 Å². The lowest BCUT2D eigenvalue weighted by molar-refractivity contribution is 0.00578. The van der Waals surface area contributed by atoms with Gasteiger partial charge in [-0.1, -0.05) is 164 Å². The van der Waals surface area contributed by atoms with Crippen molar-refractivity contribution < 1.29 is 9.31 Å². The fourth-order valence-corrected chi connectivity index (χ4v) is 9.91. The Morgan fingerprint density at radius 2 is 1.02 bits per heavy atom. The molecular formula is C53H47BO2. The highest BCUT2D eigenvalue weighted by molar-refractivity contribution is 6.64. The highest BCUT2D eigenvalue weighted by Gasteiger charge is 2.56. The Bertz CT molecular complexity index is 2600. The van der Waals surface area contributed by atoms with Crippen LogP contribution in [0.2, 0.25) is 0 Å². The van der Waals surface area contributed by atoms with Gasteiger partial charge in [-0.05, 0) is 137 Å². The smallest absolute Gasteiger partial charge is 0.399 e. The van der Waals surface area contributed by atoms with Crippen molar-refractivity contribution in [3.8, 4) is 33.4 Å². The normalized spacial score (nSPS) is 18.7. The van der Waals surface area contributed by atoms with Gasteiger partial charge in [0.05, 0.1) is 16.6 Å². The van der Waals surface area contributed by atoms with E-state index in [9.17, 15) is 0 Å². The summed E-state index contributed by atoms with van der Waals surface area (Å²) in [5.74, 6) is 0.389. The number of aryl methyl sites for hydroxylation is 1. The van der Waals surface area contributed by atoms with Crippen LogP contribution in [0.25, 0.3) is 33.4 Å². The first-order chi connectivity index (χ1) is 27.2. The summed E-state index contributed by atoms with van der Waals surface area (Å²) in [6, 6.07) is 61.1. The quantitative estimate of drug-likeness (QED) is 0.152. The maximum atomic E-state index is 6.73. The molecule has 1 aliphatic heterocycles. The highest BCUT2D eigenvalue weighted by atomic mass is 16.7. The largest absolute Gasteiger partial charge is 0.495 e. The van der Waals surface area contributed by atoms with E-state index >= 15 is 0 Å². The Morgan fingerprint density at radius 3 is 1.70 bits per heavy atom. The summed E-state index contributed by atoms with van der Waals surface area (Å²) in [5, 5.41) is 0. The Labute approximate surface area is 332 Å². The molecule has 56 heavy (non-hydrogen) atoms. The first-order valence-electron chi connectivity index (χ1n) is 20.2. The van der Waals surface area contributed by atoms with Gasteiger partial charge < -0.3 is 9.31 Å². The van der Waals surface area contributed by atoms with Gasteiger partial charge in [-0.15, -0.1) is 0 Å². The third-order valence-corrected chi connectivity index (χ3v) is 13.4. The number of hydrogen-bond donors (Lipinski definition) is 0. The second-order valence-electron chi connectivity index (χ2n) is 17.1. The molecule has 0 amide bonds. The molecule has 10 rings (SSSR count). The minimum Gasteiger partial charge on any atom is -0.399 e. The fourth-order valence-electron chi connectivity index (χ4n) is 9.91. The van der Waals surface area contributed by atoms with Crippen LogP contribution >= 0.6 is 0 Å². The first kappa shape index (κ1) is 35.0. The molecule has 1 spiro atoms. The minimum atomic E-state index is -0.466. The number of hydrogen-bond acceptors (Lipinski definition) is 2. The van der Waals surface area contributed by atoms with Crippen molar-refractivity contribution in [1.82, 2.24) is 0 Å². The van der Waals surface area contributed by atoms with Crippen molar-refractivity contribution in [2.24, 2.45) is 0 Å². The Morgan fingerprint density at radius 1 is 0.482 bits per heavy atom. The van der Waals surface area contributed by atoms with Crippen molar-refractivity contribution in [3.05, 3.63) is 208 Å². The van der Waals surface area contributed by atoms with Crippen LogP contribution in [0, 0.1) is 6.92 Å². The summed E-state index contributed by atoms with van der Waals surface area (Å²) < 4.78 is 13.5. The standard InChI is InChI=1S/C53H47BO2/c1-35-17-9-10-20-39(35)34-40(37-18-7-6-8-19-37)33-36-29-31-38(32-30-36)41-23-15-26-46-49(41)42-21-11-13-24-44(42)53(46)45-25-14-12-22-43(45)50-47(53)27-16-28-48(50)54-55-51(2,3)52(4,5)56-54/h6-32,40H,33-34H2,1-5H3. The van der Waals surface area contributed by atoms with Gasteiger partial charge in [0.25, 0.3) is 0 Å². The van der Waals surface area contributed by atoms with Gasteiger partial charge in [-0.2, -0.15) is 0 Å². The van der Waals surface area contributed by atoms with Crippen molar-refractivity contribution in [2.45, 2.75) is 70.0 Å². The van der Waals surface area contributed by atoms with E-state index in [-0.39, 0.29) is 0 Å². The average molecular weight is 727 g/mol. The van der Waals surface area contributed by atoms with Crippen molar-refractivity contribution in [2.75, 3.05) is 0 Å². The summed E-state index contributed by atoms with van der Waals surface area (Å²) >= 11 is 0. The third kappa shape index (κ3) is 5.25. The van der Waals surface area contributed by atoms with Crippen LogP contribution in [0.15, 0.2) is 164 Å². The summed E-state index contributed by atoms with van der Waals surface area (Å²) in [6.07, 6.45) is 2.00. The molecule has 1 saturated heterocycles. The van der Waals surface area contributed by atoms with Crippen LogP contribution in [-0.2, 0) is 27.6 Å². The van der Waals surface area contributed by atoms with Crippen LogP contribution in [0.3, 0.4) is 0 Å². The SMILES string of the molecule is Cc1ccccc1CC(Cc1ccc(-c2cccc3c2-c2ccccc2C32c3ccccc3-c3c(B4OC(C)(C)C(C)(C)O4)cccc32)cc1)c1ccccc1. The summed E-state index contributed by atoms with van der Waals surface area (Å²) in [5.41, 5.74) is 18.2. The van der Waals surface area contributed by atoms with Gasteiger partial charge in [-0.3, -0.25) is 0 Å². The Hall–Kier alpha value is -5.48. The second kappa shape index (κ2) is 13.1. The van der Waals surface area contributed by atoms with E-state index in [4.69, 9.17) is 9.31 Å². The lowest BCUT2D eigenvalue weighted by Gasteiger charge is -2.32. The van der Waals surface area contributed by atoms with E-state index in [1.807, 2.05) is 0 Å². The molecule has 7 aromatic rings. The zero-order valence-electron chi connectivity index (χ0n) is 33.0. The molecule has 2 unspecified atom stereocenters. The lowest BCUT2D eigenvalue weighted by Crippen LogP contribution is -2.41. The van der Waals surface area contributed by atoms with Gasteiger partial charge >= 0.3 is 7.12 Å². The molecular weight excluding hydrogens is 679 g/mol. The van der Waals surface area contributed by atoms with E-state index in [1.165, 1.54) is 77.9 Å². The molecule has 3 aliphatic rings. The van der Waals surface area contributed by atoms with Gasteiger partial charge in [-0.25, -0.2) is 0 Å². The van der Waals surface area contributed by atoms with Crippen LogP contribution < -0.4 is 5.46 Å². The molecule has 1 fully saturated rings. The van der Waals surface area contributed by atoms with Crippen LogP contribution in [0.4, 0.5) is 0 Å². The zero-order chi connectivity index (χ0) is 38.2.